The molecule has 0 aliphatic rings. The van der Waals surface area contributed by atoms with Crippen LogP contribution in [-0.4, -0.2) is 59.6 Å². The van der Waals surface area contributed by atoms with Gasteiger partial charge < -0.3 is 20.0 Å². The smallest absolute Gasteiger partial charge is 0.395 e. The Kier molecular flexibility index (Phi) is 17.7. The maximum Gasteiger partial charge on any atom is 0.472 e. The van der Waals surface area contributed by atoms with Crippen LogP contribution in [0.25, 0.3) is 75.4 Å². The minimum Gasteiger partial charge on any atom is -0.395 e. The van der Waals surface area contributed by atoms with Crippen molar-refractivity contribution in [3.63, 3.8) is 0 Å². The van der Waals surface area contributed by atoms with E-state index >= 15 is 0 Å². The van der Waals surface area contributed by atoms with Crippen LogP contribution in [0.4, 0.5) is 0 Å². The van der Waals surface area contributed by atoms with Crippen LogP contribution in [0.1, 0.15) is 71.9 Å². The van der Waals surface area contributed by atoms with Crippen LogP contribution >= 0.6 is 15.6 Å². The van der Waals surface area contributed by atoms with Crippen molar-refractivity contribution in [3.05, 3.63) is 179 Å². The second-order valence-electron chi connectivity index (χ2n) is 18.6. The van der Waals surface area contributed by atoms with Gasteiger partial charge >= 0.3 is 15.6 Å². The Labute approximate surface area is 464 Å². The van der Waals surface area contributed by atoms with Crippen LogP contribution < -0.4 is 0 Å². The van der Waals surface area contributed by atoms with Crippen LogP contribution in [0, 0.1) is 71.0 Å². The molecule has 0 aliphatic heterocycles. The van der Waals surface area contributed by atoms with Crippen molar-refractivity contribution < 1.29 is 47.2 Å². The topological polar surface area (TPSA) is 152 Å². The summed E-state index contributed by atoms with van der Waals surface area (Å²) in [5.41, 5.74) is 5.05. The molecule has 0 radical (unpaired) electrons. The van der Waals surface area contributed by atoms with Crippen molar-refractivity contribution in [1.29, 1.82) is 0 Å². The van der Waals surface area contributed by atoms with E-state index in [1.54, 1.807) is 0 Å². The molecule has 0 aromatic heterocycles. The molecule has 0 amide bonds. The van der Waals surface area contributed by atoms with Gasteiger partial charge in [-0.05, 0) is 148 Å². The number of fused-ring (bicyclic) bond motifs is 6. The lowest BCUT2D eigenvalue weighted by atomic mass is 9.92. The predicted molar refractivity (Wildman–Crippen MR) is 320 cm³/mol. The average Bonchev–Trinajstić information content (AvgIpc) is 3.60. The molecule has 0 fully saturated rings. The van der Waals surface area contributed by atoms with Gasteiger partial charge in [0.2, 0.25) is 0 Å². The quantitative estimate of drug-likeness (QED) is 0.0358. The Balaban J connectivity index is 0.656. The van der Waals surface area contributed by atoms with Crippen LogP contribution in [0.3, 0.4) is 0 Å². The van der Waals surface area contributed by atoms with Crippen molar-refractivity contribution in [3.8, 4) is 71.0 Å². The highest BCUT2D eigenvalue weighted by atomic mass is 31.2. The summed E-state index contributed by atoms with van der Waals surface area (Å²) < 4.78 is 45.9. The van der Waals surface area contributed by atoms with Crippen LogP contribution in [0.15, 0.2) is 146 Å². The number of phosphoric acid groups is 2. The molecule has 0 bridgehead atoms. The second-order valence-corrected chi connectivity index (χ2v) is 21.5. The van der Waals surface area contributed by atoms with E-state index in [0.29, 0.717) is 12.8 Å². The Morgan fingerprint density at radius 2 is 0.525 bits per heavy atom. The standard InChI is InChI=1S/C68H52O10P2/c69-35-7-1-13-49-19-31-63-55(41-49)23-25-57-43-51(21-33-65(57)63)15-3-9-37-75-79(71,72)77-39-11-5-17-53-45-59-27-29-61-47-54(48-62-30-28-60(46-53)67(59)68(61)62)18-6-12-40-78-80(73,74)76-38-10-4-16-52-22-34-66-58(44-52)26-24-56-42-50(14-2-8-36-70)20-32-64(56)66/h19-34,41-48,69-70H,7-12,35-40H2,(H,71,72)(H,73,74). The van der Waals surface area contributed by atoms with Gasteiger partial charge in [-0.1, -0.05) is 144 Å². The van der Waals surface area contributed by atoms with Crippen molar-refractivity contribution in [1.82, 2.24) is 0 Å². The fourth-order valence-corrected chi connectivity index (χ4v) is 10.9. The summed E-state index contributed by atoms with van der Waals surface area (Å²) in [6, 6.07) is 48.7. The van der Waals surface area contributed by atoms with Gasteiger partial charge in [-0.15, -0.1) is 0 Å². The molecule has 0 saturated carbocycles. The van der Waals surface area contributed by atoms with E-state index in [-0.39, 0.29) is 65.3 Å². The molecule has 10 aromatic carbocycles. The molecule has 80 heavy (non-hydrogen) atoms. The summed E-state index contributed by atoms with van der Waals surface area (Å²) in [7, 11) is -8.60. The summed E-state index contributed by atoms with van der Waals surface area (Å²) in [5, 5.41) is 33.0. The third-order valence-corrected chi connectivity index (χ3v) is 15.0. The van der Waals surface area contributed by atoms with Gasteiger partial charge in [0.1, 0.15) is 0 Å². The zero-order chi connectivity index (χ0) is 55.3. The minimum atomic E-state index is -4.30. The molecular weight excluding hydrogens is 1040 g/mol. The second kappa shape index (κ2) is 25.7. The van der Waals surface area contributed by atoms with Crippen LogP contribution in [0.5, 0.6) is 0 Å². The van der Waals surface area contributed by atoms with Crippen LogP contribution in [-0.2, 0) is 27.2 Å². The summed E-state index contributed by atoms with van der Waals surface area (Å²) in [6.07, 6.45) is 1.79. The van der Waals surface area contributed by atoms with E-state index in [0.717, 1.165) is 109 Å². The molecule has 2 unspecified atom stereocenters. The third-order valence-electron chi connectivity index (χ3n) is 13.0. The largest absolute Gasteiger partial charge is 0.472 e. The molecule has 10 rings (SSSR count). The first-order valence-electron chi connectivity index (χ1n) is 26.1. The van der Waals surface area contributed by atoms with Crippen molar-refractivity contribution >= 4 is 91.1 Å². The molecule has 12 heteroatoms. The van der Waals surface area contributed by atoms with E-state index in [1.807, 2.05) is 97.1 Å². The Hall–Kier alpha value is -8.22. The molecule has 2 atom stereocenters. The van der Waals surface area contributed by atoms with Crippen molar-refractivity contribution in [2.24, 2.45) is 0 Å². The van der Waals surface area contributed by atoms with E-state index in [1.165, 1.54) is 0 Å². The van der Waals surface area contributed by atoms with Gasteiger partial charge in [0, 0.05) is 71.9 Å². The first-order valence-corrected chi connectivity index (χ1v) is 29.0. The van der Waals surface area contributed by atoms with Gasteiger partial charge in [-0.3, -0.25) is 18.1 Å². The highest BCUT2D eigenvalue weighted by Gasteiger charge is 2.21. The zero-order valence-corrected chi connectivity index (χ0v) is 45.3. The number of benzene rings is 10. The fraction of sp³-hybridized carbons (Fsp3) is 0.176. The Morgan fingerprint density at radius 3 is 0.787 bits per heavy atom. The number of phosphoric ester groups is 2. The lowest BCUT2D eigenvalue weighted by Gasteiger charge is -2.12. The number of hydrogen-bond acceptors (Lipinski definition) is 8. The van der Waals surface area contributed by atoms with Crippen molar-refractivity contribution in [2.45, 2.75) is 38.5 Å². The molecule has 0 saturated heterocycles. The molecule has 0 aliphatic carbocycles. The molecule has 10 nitrogen and oxygen atoms in total. The summed E-state index contributed by atoms with van der Waals surface area (Å²) in [5.74, 6) is 36.8. The number of rotatable bonds is 14. The Morgan fingerprint density at radius 1 is 0.300 bits per heavy atom. The maximum atomic E-state index is 12.6. The SMILES string of the molecule is O=P(O)(OCCC#Cc1ccc2c(ccc3cc(C#CCCO)ccc32)c1)OCCC#Cc1cc2ccc3cc(C#CCCOP(=O)(O)OCCC#Cc4ccc5c(ccc6cc(C#CCCO)ccc65)c4)cc4ccc(c1)c2c34. The molecule has 0 spiro atoms. The van der Waals surface area contributed by atoms with Gasteiger partial charge in [-0.2, -0.15) is 0 Å². The highest BCUT2D eigenvalue weighted by Crippen LogP contribution is 2.44. The third kappa shape index (κ3) is 14.0. The molecule has 10 aromatic rings. The lowest BCUT2D eigenvalue weighted by molar-refractivity contribution is 0.153. The molecule has 394 valence electrons. The summed E-state index contributed by atoms with van der Waals surface area (Å²) in [4.78, 5) is 20.5. The number of aliphatic hydroxyl groups is 2. The van der Waals surface area contributed by atoms with Crippen LogP contribution in [0.2, 0.25) is 0 Å². The fourth-order valence-electron chi connectivity index (χ4n) is 9.46. The Bertz CT molecular complexity index is 4160. The lowest BCUT2D eigenvalue weighted by Crippen LogP contribution is -1.97. The van der Waals surface area contributed by atoms with E-state index in [4.69, 9.17) is 28.3 Å². The van der Waals surface area contributed by atoms with E-state index < -0.39 is 15.6 Å². The summed E-state index contributed by atoms with van der Waals surface area (Å²) >= 11 is 0. The van der Waals surface area contributed by atoms with Crippen molar-refractivity contribution in [2.75, 3.05) is 39.6 Å². The number of aliphatic hydroxyl groups excluding tert-OH is 2. The molecule has 0 heterocycles. The minimum absolute atomic E-state index is 0.0415. The normalized spacial score (nSPS) is 12.5. The highest BCUT2D eigenvalue weighted by molar-refractivity contribution is 7.47. The predicted octanol–water partition coefficient (Wildman–Crippen LogP) is 13.3. The van der Waals surface area contributed by atoms with Gasteiger partial charge in [-0.25, -0.2) is 9.13 Å². The van der Waals surface area contributed by atoms with E-state index in [2.05, 4.69) is 120 Å². The van der Waals surface area contributed by atoms with Gasteiger partial charge in [0.25, 0.3) is 0 Å². The zero-order valence-electron chi connectivity index (χ0n) is 43.5. The number of hydrogen-bond donors (Lipinski definition) is 4. The van der Waals surface area contributed by atoms with Gasteiger partial charge in [0.05, 0.1) is 39.6 Å². The monoisotopic (exact) mass is 1090 g/mol. The molecule has 4 N–H and O–H groups in total. The first kappa shape index (κ1) is 55.1. The maximum absolute atomic E-state index is 12.6. The van der Waals surface area contributed by atoms with Gasteiger partial charge in [0.15, 0.2) is 0 Å². The average molecular weight is 1090 g/mol. The van der Waals surface area contributed by atoms with E-state index in [9.17, 15) is 18.9 Å². The molecular formula is C68H52O10P2. The first-order chi connectivity index (χ1) is 39.0. The summed E-state index contributed by atoms with van der Waals surface area (Å²) in [6.45, 7) is -0.234.